The van der Waals surface area contributed by atoms with Crippen LogP contribution < -0.4 is 0 Å². The minimum atomic E-state index is 0.179. The minimum absolute atomic E-state index is 0.179. The smallest absolute Gasteiger partial charge is 0.162 e. The van der Waals surface area contributed by atoms with Gasteiger partial charge in [-0.3, -0.25) is 4.79 Å². The van der Waals surface area contributed by atoms with Crippen molar-refractivity contribution >= 4 is 5.78 Å². The summed E-state index contributed by atoms with van der Waals surface area (Å²) in [5.74, 6) is 0.965. The molecule has 1 spiro atoms. The molecule has 108 valence electrons. The molecule has 2 fully saturated rings. The summed E-state index contributed by atoms with van der Waals surface area (Å²) in [7, 11) is 0. The Morgan fingerprint density at radius 3 is 2.70 bits per heavy atom. The first-order valence-corrected chi connectivity index (χ1v) is 8.00. The van der Waals surface area contributed by atoms with Crippen molar-refractivity contribution in [1.29, 1.82) is 0 Å². The highest BCUT2D eigenvalue weighted by molar-refractivity contribution is 5.95. The van der Waals surface area contributed by atoms with E-state index in [1.165, 1.54) is 32.1 Å². The van der Waals surface area contributed by atoms with E-state index in [1.807, 2.05) is 30.3 Å². The summed E-state index contributed by atoms with van der Waals surface area (Å²) in [4.78, 5) is 12.2. The number of Topliss-reactive ketones (excluding diaryl/α,β-unsaturated/α-hetero) is 1. The van der Waals surface area contributed by atoms with E-state index in [2.05, 4.69) is 0 Å². The zero-order valence-corrected chi connectivity index (χ0v) is 12.1. The predicted octanol–water partition coefficient (Wildman–Crippen LogP) is 4.39. The first-order chi connectivity index (χ1) is 9.77. The SMILES string of the molecule is O=C(CCC1CCOC2(CCCC2)C1)c1ccccc1. The van der Waals surface area contributed by atoms with Gasteiger partial charge in [-0.25, -0.2) is 0 Å². The summed E-state index contributed by atoms with van der Waals surface area (Å²) in [6.07, 6.45) is 9.11. The van der Waals surface area contributed by atoms with Gasteiger partial charge in [-0.1, -0.05) is 43.2 Å². The molecule has 0 radical (unpaired) electrons. The van der Waals surface area contributed by atoms with Gasteiger partial charge < -0.3 is 4.74 Å². The fraction of sp³-hybridized carbons (Fsp3) is 0.611. The van der Waals surface area contributed by atoms with Gasteiger partial charge in [0.2, 0.25) is 0 Å². The third-order valence-corrected chi connectivity index (χ3v) is 4.99. The maximum atomic E-state index is 12.2. The molecule has 1 aliphatic heterocycles. The van der Waals surface area contributed by atoms with Crippen molar-refractivity contribution in [3.05, 3.63) is 35.9 Å². The molecule has 1 saturated carbocycles. The summed E-state index contributed by atoms with van der Waals surface area (Å²) in [6.45, 7) is 0.893. The monoisotopic (exact) mass is 272 g/mol. The normalized spacial score (nSPS) is 24.9. The number of hydrogen-bond donors (Lipinski definition) is 0. The topological polar surface area (TPSA) is 26.3 Å². The number of benzene rings is 1. The molecule has 0 bridgehead atoms. The van der Waals surface area contributed by atoms with Crippen LogP contribution in [0.25, 0.3) is 0 Å². The third-order valence-electron chi connectivity index (χ3n) is 4.99. The summed E-state index contributed by atoms with van der Waals surface area (Å²) < 4.78 is 6.06. The lowest BCUT2D eigenvalue weighted by Crippen LogP contribution is -2.37. The third kappa shape index (κ3) is 3.12. The second-order valence-corrected chi connectivity index (χ2v) is 6.43. The summed E-state index contributed by atoms with van der Waals surface area (Å²) in [6, 6.07) is 9.68. The molecule has 0 N–H and O–H groups in total. The van der Waals surface area contributed by atoms with E-state index in [1.54, 1.807) is 0 Å². The lowest BCUT2D eigenvalue weighted by molar-refractivity contribution is -0.0935. The van der Waals surface area contributed by atoms with Gasteiger partial charge in [0, 0.05) is 18.6 Å². The van der Waals surface area contributed by atoms with Crippen LogP contribution >= 0.6 is 0 Å². The fourth-order valence-electron chi connectivity index (χ4n) is 3.85. The van der Waals surface area contributed by atoms with Crippen molar-refractivity contribution in [3.8, 4) is 0 Å². The Bertz CT molecular complexity index is 446. The van der Waals surface area contributed by atoms with E-state index in [9.17, 15) is 4.79 Å². The van der Waals surface area contributed by atoms with Crippen LogP contribution in [0.3, 0.4) is 0 Å². The standard InChI is InChI=1S/C18H24O2/c19-17(16-6-2-1-3-7-16)9-8-15-10-13-20-18(14-15)11-4-5-12-18/h1-3,6-7,15H,4-5,8-14H2. The molecule has 1 aromatic carbocycles. The number of ether oxygens (including phenoxy) is 1. The molecule has 2 nitrogen and oxygen atoms in total. The van der Waals surface area contributed by atoms with Crippen LogP contribution in [-0.4, -0.2) is 18.0 Å². The molecule has 1 unspecified atom stereocenters. The van der Waals surface area contributed by atoms with E-state index in [0.717, 1.165) is 25.0 Å². The summed E-state index contributed by atoms with van der Waals surface area (Å²) in [5, 5.41) is 0. The number of ketones is 1. The van der Waals surface area contributed by atoms with Gasteiger partial charge in [0.1, 0.15) is 0 Å². The maximum absolute atomic E-state index is 12.2. The minimum Gasteiger partial charge on any atom is -0.375 e. The average Bonchev–Trinajstić information content (AvgIpc) is 2.93. The largest absolute Gasteiger partial charge is 0.375 e. The van der Waals surface area contributed by atoms with Crippen LogP contribution in [0.1, 0.15) is 61.7 Å². The van der Waals surface area contributed by atoms with Crippen LogP contribution in [0, 0.1) is 5.92 Å². The van der Waals surface area contributed by atoms with Crippen molar-refractivity contribution in [3.63, 3.8) is 0 Å². The van der Waals surface area contributed by atoms with Crippen molar-refractivity contribution in [2.45, 2.75) is 57.0 Å². The van der Waals surface area contributed by atoms with Gasteiger partial charge in [0.15, 0.2) is 5.78 Å². The Labute approximate surface area is 121 Å². The average molecular weight is 272 g/mol. The molecule has 2 aliphatic rings. The molecule has 1 saturated heterocycles. The van der Waals surface area contributed by atoms with Gasteiger partial charge in [-0.15, -0.1) is 0 Å². The van der Waals surface area contributed by atoms with Crippen LogP contribution in [0.2, 0.25) is 0 Å². The number of carbonyl (C=O) groups is 1. The Balaban J connectivity index is 1.52. The number of rotatable bonds is 4. The zero-order chi connectivity index (χ0) is 13.8. The van der Waals surface area contributed by atoms with Crippen LogP contribution in [0.4, 0.5) is 0 Å². The molecule has 0 amide bonds. The van der Waals surface area contributed by atoms with Gasteiger partial charge in [0.25, 0.3) is 0 Å². The van der Waals surface area contributed by atoms with E-state index < -0.39 is 0 Å². The summed E-state index contributed by atoms with van der Waals surface area (Å²) >= 11 is 0. The Hall–Kier alpha value is -1.15. The Morgan fingerprint density at radius 2 is 1.95 bits per heavy atom. The van der Waals surface area contributed by atoms with Gasteiger partial charge in [-0.2, -0.15) is 0 Å². The highest BCUT2D eigenvalue weighted by Crippen LogP contribution is 2.43. The molecule has 1 heterocycles. The van der Waals surface area contributed by atoms with Crippen LogP contribution in [0.15, 0.2) is 30.3 Å². The Morgan fingerprint density at radius 1 is 1.20 bits per heavy atom. The molecular weight excluding hydrogens is 248 g/mol. The molecule has 1 aliphatic carbocycles. The molecule has 0 aromatic heterocycles. The first kappa shape index (κ1) is 13.8. The quantitative estimate of drug-likeness (QED) is 0.760. The van der Waals surface area contributed by atoms with Crippen molar-refractivity contribution in [2.24, 2.45) is 5.92 Å². The zero-order valence-electron chi connectivity index (χ0n) is 12.1. The van der Waals surface area contributed by atoms with E-state index in [4.69, 9.17) is 4.74 Å². The molecule has 3 rings (SSSR count). The van der Waals surface area contributed by atoms with Gasteiger partial charge in [0.05, 0.1) is 5.60 Å². The van der Waals surface area contributed by atoms with Gasteiger partial charge in [-0.05, 0) is 38.0 Å². The molecule has 1 aromatic rings. The molecular formula is C18H24O2. The molecule has 1 atom stereocenters. The van der Waals surface area contributed by atoms with Crippen LogP contribution in [0.5, 0.6) is 0 Å². The van der Waals surface area contributed by atoms with Crippen molar-refractivity contribution in [2.75, 3.05) is 6.61 Å². The van der Waals surface area contributed by atoms with E-state index in [0.29, 0.717) is 12.3 Å². The molecule has 20 heavy (non-hydrogen) atoms. The van der Waals surface area contributed by atoms with Crippen molar-refractivity contribution in [1.82, 2.24) is 0 Å². The molecule has 2 heteroatoms. The fourth-order valence-corrected chi connectivity index (χ4v) is 3.85. The number of hydrogen-bond acceptors (Lipinski definition) is 2. The second-order valence-electron chi connectivity index (χ2n) is 6.43. The van der Waals surface area contributed by atoms with Gasteiger partial charge >= 0.3 is 0 Å². The highest BCUT2D eigenvalue weighted by atomic mass is 16.5. The predicted molar refractivity (Wildman–Crippen MR) is 79.9 cm³/mol. The van der Waals surface area contributed by atoms with E-state index in [-0.39, 0.29) is 11.4 Å². The second kappa shape index (κ2) is 6.09. The maximum Gasteiger partial charge on any atom is 0.162 e. The lowest BCUT2D eigenvalue weighted by atomic mass is 9.82. The number of carbonyl (C=O) groups excluding carboxylic acids is 1. The van der Waals surface area contributed by atoms with Crippen LogP contribution in [-0.2, 0) is 4.74 Å². The first-order valence-electron chi connectivity index (χ1n) is 8.00. The van der Waals surface area contributed by atoms with E-state index >= 15 is 0 Å². The van der Waals surface area contributed by atoms with Crippen molar-refractivity contribution < 1.29 is 9.53 Å². The Kier molecular flexibility index (Phi) is 4.21. The lowest BCUT2D eigenvalue weighted by Gasteiger charge is -2.38. The summed E-state index contributed by atoms with van der Waals surface area (Å²) in [5.41, 5.74) is 1.04. The highest BCUT2D eigenvalue weighted by Gasteiger charge is 2.39.